The van der Waals surface area contributed by atoms with Gasteiger partial charge in [0.2, 0.25) is 5.95 Å². The number of hydrogen-bond acceptors (Lipinski definition) is 4. The number of halogens is 1. The van der Waals surface area contributed by atoms with Gasteiger partial charge in [0.15, 0.2) is 0 Å². The minimum Gasteiger partial charge on any atom is -0.508 e. The molecule has 5 rings (SSSR count). The average molecular weight is 431 g/mol. The molecule has 1 aliphatic rings. The highest BCUT2D eigenvalue weighted by molar-refractivity contribution is 6.33. The molecule has 6 nitrogen and oxygen atoms in total. The third-order valence-corrected chi connectivity index (χ3v) is 5.71. The summed E-state index contributed by atoms with van der Waals surface area (Å²) in [5.41, 5.74) is 4.20. The first kappa shape index (κ1) is 19.2. The van der Waals surface area contributed by atoms with E-state index in [1.165, 1.54) is 0 Å². The number of aromatic hydroxyl groups is 1. The van der Waals surface area contributed by atoms with E-state index >= 15 is 0 Å². The zero-order valence-corrected chi connectivity index (χ0v) is 17.4. The van der Waals surface area contributed by atoms with Crippen LogP contribution in [0.4, 0.5) is 11.6 Å². The molecule has 1 aliphatic heterocycles. The number of aromatic nitrogens is 2. The van der Waals surface area contributed by atoms with Crippen LogP contribution in [0, 0.1) is 0 Å². The SMILES string of the molecule is CC1=C(C(=O)Nc2ccccc2Cl)C(c2cccc(O)c2)n2c(nc3ccccc32)N1. The van der Waals surface area contributed by atoms with Crippen LogP contribution in [0.3, 0.4) is 0 Å². The van der Waals surface area contributed by atoms with Crippen molar-refractivity contribution in [3.05, 3.63) is 94.7 Å². The van der Waals surface area contributed by atoms with Gasteiger partial charge in [-0.25, -0.2) is 4.98 Å². The van der Waals surface area contributed by atoms with Gasteiger partial charge in [-0.3, -0.25) is 9.36 Å². The Morgan fingerprint density at radius 1 is 1.10 bits per heavy atom. The molecule has 0 radical (unpaired) electrons. The van der Waals surface area contributed by atoms with Crippen LogP contribution >= 0.6 is 11.6 Å². The van der Waals surface area contributed by atoms with Crippen LogP contribution in [0.15, 0.2) is 84.1 Å². The first-order valence-corrected chi connectivity index (χ1v) is 10.2. The van der Waals surface area contributed by atoms with E-state index in [0.29, 0.717) is 27.9 Å². The first-order chi connectivity index (χ1) is 15.0. The molecule has 0 spiro atoms. The number of fused-ring (bicyclic) bond motifs is 3. The molecule has 1 atom stereocenters. The van der Waals surface area contributed by atoms with E-state index in [4.69, 9.17) is 16.6 Å². The average Bonchev–Trinajstić information content (AvgIpc) is 3.12. The molecular weight excluding hydrogens is 412 g/mol. The van der Waals surface area contributed by atoms with Gasteiger partial charge in [0.1, 0.15) is 5.75 Å². The van der Waals surface area contributed by atoms with Crippen molar-refractivity contribution in [3.63, 3.8) is 0 Å². The number of phenols is 1. The van der Waals surface area contributed by atoms with Gasteiger partial charge in [0.25, 0.3) is 5.91 Å². The molecule has 2 heterocycles. The Hall–Kier alpha value is -3.77. The number of anilines is 2. The molecule has 4 aromatic rings. The molecule has 3 N–H and O–H groups in total. The maximum Gasteiger partial charge on any atom is 0.255 e. The molecule has 0 aliphatic carbocycles. The Morgan fingerprint density at radius 2 is 1.87 bits per heavy atom. The second kappa shape index (κ2) is 7.49. The lowest BCUT2D eigenvalue weighted by Gasteiger charge is -2.30. The normalized spacial score (nSPS) is 15.5. The first-order valence-electron chi connectivity index (χ1n) is 9.82. The Bertz CT molecular complexity index is 1360. The van der Waals surface area contributed by atoms with E-state index in [1.807, 2.05) is 54.0 Å². The van der Waals surface area contributed by atoms with Crippen LogP contribution in [0.5, 0.6) is 5.75 Å². The van der Waals surface area contributed by atoms with Crippen molar-refractivity contribution < 1.29 is 9.90 Å². The van der Waals surface area contributed by atoms with Crippen molar-refractivity contribution in [1.29, 1.82) is 0 Å². The smallest absolute Gasteiger partial charge is 0.255 e. The topological polar surface area (TPSA) is 79.2 Å². The lowest BCUT2D eigenvalue weighted by molar-refractivity contribution is -0.113. The van der Waals surface area contributed by atoms with E-state index in [9.17, 15) is 9.90 Å². The maximum atomic E-state index is 13.5. The number of hydrogen-bond donors (Lipinski definition) is 3. The predicted molar refractivity (Wildman–Crippen MR) is 122 cm³/mol. The second-order valence-corrected chi connectivity index (χ2v) is 7.80. The Labute approximate surface area is 183 Å². The quantitative estimate of drug-likeness (QED) is 0.411. The van der Waals surface area contributed by atoms with Gasteiger partial charge >= 0.3 is 0 Å². The molecule has 7 heteroatoms. The number of nitrogens with zero attached hydrogens (tertiary/aromatic N) is 2. The zero-order chi connectivity index (χ0) is 21.5. The Kier molecular flexibility index (Phi) is 4.64. The van der Waals surface area contributed by atoms with Gasteiger partial charge in [0.05, 0.1) is 33.4 Å². The molecule has 0 saturated heterocycles. The minimum absolute atomic E-state index is 0.130. The number of para-hydroxylation sites is 3. The summed E-state index contributed by atoms with van der Waals surface area (Å²) >= 11 is 6.26. The van der Waals surface area contributed by atoms with Crippen molar-refractivity contribution in [2.75, 3.05) is 10.6 Å². The fourth-order valence-electron chi connectivity index (χ4n) is 4.02. The predicted octanol–water partition coefficient (Wildman–Crippen LogP) is 5.32. The van der Waals surface area contributed by atoms with Crippen molar-refractivity contribution in [2.24, 2.45) is 0 Å². The van der Waals surface area contributed by atoms with Crippen LogP contribution in [-0.2, 0) is 4.79 Å². The van der Waals surface area contributed by atoms with Crippen LogP contribution in [0.2, 0.25) is 5.02 Å². The number of nitrogens with one attached hydrogen (secondary N) is 2. The van der Waals surface area contributed by atoms with E-state index in [1.54, 1.807) is 30.3 Å². The monoisotopic (exact) mass is 430 g/mol. The molecule has 154 valence electrons. The fourth-order valence-corrected chi connectivity index (χ4v) is 4.20. The van der Waals surface area contributed by atoms with Crippen LogP contribution < -0.4 is 10.6 Å². The molecule has 1 aromatic heterocycles. The lowest BCUT2D eigenvalue weighted by atomic mass is 9.94. The molecular formula is C24H19ClN4O2. The summed E-state index contributed by atoms with van der Waals surface area (Å²) in [5.74, 6) is 0.488. The summed E-state index contributed by atoms with van der Waals surface area (Å²) in [5, 5.41) is 16.8. The molecule has 1 unspecified atom stereocenters. The third-order valence-electron chi connectivity index (χ3n) is 5.38. The van der Waals surface area contributed by atoms with Crippen molar-refractivity contribution in [1.82, 2.24) is 9.55 Å². The number of benzene rings is 3. The van der Waals surface area contributed by atoms with Crippen molar-refractivity contribution in [2.45, 2.75) is 13.0 Å². The number of amides is 1. The van der Waals surface area contributed by atoms with E-state index in [0.717, 1.165) is 16.6 Å². The van der Waals surface area contributed by atoms with Gasteiger partial charge < -0.3 is 15.7 Å². The fraction of sp³-hybridized carbons (Fsp3) is 0.0833. The number of allylic oxidation sites excluding steroid dienone is 1. The number of carbonyl (C=O) groups excluding carboxylic acids is 1. The lowest BCUT2D eigenvalue weighted by Crippen LogP contribution is -2.31. The Morgan fingerprint density at radius 3 is 2.68 bits per heavy atom. The number of carbonyl (C=O) groups is 1. The van der Waals surface area contributed by atoms with E-state index in [2.05, 4.69) is 10.6 Å². The van der Waals surface area contributed by atoms with Gasteiger partial charge in [-0.15, -0.1) is 0 Å². The highest BCUT2D eigenvalue weighted by atomic mass is 35.5. The summed E-state index contributed by atoms with van der Waals surface area (Å²) in [7, 11) is 0. The molecule has 0 fully saturated rings. The minimum atomic E-state index is -0.488. The number of phenolic OH excluding ortho intramolecular Hbond substituents is 1. The number of imidazole rings is 1. The van der Waals surface area contributed by atoms with Crippen LogP contribution in [0.1, 0.15) is 18.5 Å². The van der Waals surface area contributed by atoms with Gasteiger partial charge in [-0.2, -0.15) is 0 Å². The highest BCUT2D eigenvalue weighted by Crippen LogP contribution is 2.40. The van der Waals surface area contributed by atoms with E-state index < -0.39 is 6.04 Å². The maximum absolute atomic E-state index is 13.5. The van der Waals surface area contributed by atoms with Gasteiger partial charge in [0, 0.05) is 5.70 Å². The molecule has 0 bridgehead atoms. The standard InChI is InChI=1S/C24H19ClN4O2/c1-14-21(23(31)27-18-10-3-2-9-17(18)25)22(15-7-6-8-16(30)13-15)29-20-12-5-4-11-19(20)28-24(29)26-14/h2-13,22,30H,1H3,(H,26,28)(H,27,31). The van der Waals surface area contributed by atoms with Gasteiger partial charge in [-0.05, 0) is 48.9 Å². The number of rotatable bonds is 3. The summed E-state index contributed by atoms with van der Waals surface area (Å²) < 4.78 is 1.98. The van der Waals surface area contributed by atoms with Crippen LogP contribution in [0.25, 0.3) is 11.0 Å². The summed E-state index contributed by atoms with van der Waals surface area (Å²) in [6.07, 6.45) is 0. The third kappa shape index (κ3) is 3.31. The molecule has 1 amide bonds. The largest absolute Gasteiger partial charge is 0.508 e. The molecule has 0 saturated carbocycles. The zero-order valence-electron chi connectivity index (χ0n) is 16.6. The molecule has 31 heavy (non-hydrogen) atoms. The van der Waals surface area contributed by atoms with Crippen molar-refractivity contribution >= 4 is 40.2 Å². The van der Waals surface area contributed by atoms with Crippen LogP contribution in [-0.4, -0.2) is 20.6 Å². The molecule has 3 aromatic carbocycles. The van der Waals surface area contributed by atoms with Crippen molar-refractivity contribution in [3.8, 4) is 5.75 Å². The summed E-state index contributed by atoms with van der Waals surface area (Å²) in [6, 6.07) is 21.3. The van der Waals surface area contributed by atoms with Gasteiger partial charge in [-0.1, -0.05) is 48.0 Å². The summed E-state index contributed by atoms with van der Waals surface area (Å²) in [6.45, 7) is 1.85. The summed E-state index contributed by atoms with van der Waals surface area (Å²) in [4.78, 5) is 18.2. The Balaban J connectivity index is 1.68. The second-order valence-electron chi connectivity index (χ2n) is 7.39. The van der Waals surface area contributed by atoms with E-state index in [-0.39, 0.29) is 11.7 Å². The highest BCUT2D eigenvalue weighted by Gasteiger charge is 2.34.